The summed E-state index contributed by atoms with van der Waals surface area (Å²) in [4.78, 5) is 37.7. The van der Waals surface area contributed by atoms with Crippen LogP contribution in [0.25, 0.3) is 0 Å². The summed E-state index contributed by atoms with van der Waals surface area (Å²) in [6.07, 6.45) is 66.0. The van der Waals surface area contributed by atoms with Crippen LogP contribution in [0.3, 0.4) is 0 Å². The first kappa shape index (κ1) is 55.5. The van der Waals surface area contributed by atoms with E-state index in [4.69, 9.17) is 14.2 Å². The second-order valence-electron chi connectivity index (χ2n) is 14.5. The third-order valence-corrected chi connectivity index (χ3v) is 8.89. The van der Waals surface area contributed by atoms with Crippen LogP contribution in [0.5, 0.6) is 0 Å². The molecule has 0 aliphatic heterocycles. The third kappa shape index (κ3) is 44.6. The molecule has 0 rings (SSSR count). The largest absolute Gasteiger partial charge is 0.462 e. The molecule has 0 radical (unpaired) electrons. The molecule has 0 heterocycles. The molecule has 0 amide bonds. The molecule has 334 valence electrons. The Labute approximate surface area is 366 Å². The highest BCUT2D eigenvalue weighted by atomic mass is 16.6. The van der Waals surface area contributed by atoms with Crippen LogP contribution >= 0.6 is 0 Å². The van der Waals surface area contributed by atoms with Crippen LogP contribution in [-0.4, -0.2) is 37.2 Å². The number of hydrogen-bond acceptors (Lipinski definition) is 6. The molecule has 0 spiro atoms. The van der Waals surface area contributed by atoms with Gasteiger partial charge in [0, 0.05) is 19.3 Å². The fourth-order valence-electron chi connectivity index (χ4n) is 5.52. The summed E-state index contributed by atoms with van der Waals surface area (Å²) < 4.78 is 16.6. The van der Waals surface area contributed by atoms with Gasteiger partial charge in [-0.15, -0.1) is 0 Å². The van der Waals surface area contributed by atoms with Gasteiger partial charge in [0.25, 0.3) is 0 Å². The van der Waals surface area contributed by atoms with E-state index >= 15 is 0 Å². The van der Waals surface area contributed by atoms with Crippen LogP contribution in [0.1, 0.15) is 168 Å². The number of ether oxygens (including phenoxy) is 3. The van der Waals surface area contributed by atoms with Crippen LogP contribution in [-0.2, 0) is 28.6 Å². The lowest BCUT2D eigenvalue weighted by Gasteiger charge is -2.18. The number of rotatable bonds is 39. The second kappa shape index (κ2) is 47.2. The molecule has 0 aromatic carbocycles. The standard InChI is InChI=1S/C54H82O6/c1-4-7-10-13-16-19-21-23-25-26-27-28-29-31-32-35-38-41-44-47-53(56)59-50-51(49-58-52(55)46-43-40-37-34-18-15-12-9-6-3)60-54(57)48-45-42-39-36-33-30-24-22-20-17-14-11-8-5-2/h7-12,16-20,23-25,27-28,30-32,34,38,41,51H,4-6,13-15,21-22,26,29,33,35-37,39-40,42-50H2,1-3H3/b10-7-,11-8-,12-9-,19-16-,20-17-,25-23-,28-27-,30-24-,32-31-,34-18-,41-38-. The second-order valence-corrected chi connectivity index (χ2v) is 14.5. The van der Waals surface area contributed by atoms with Crippen molar-refractivity contribution >= 4 is 17.9 Å². The Kier molecular flexibility index (Phi) is 43.7. The summed E-state index contributed by atoms with van der Waals surface area (Å²) in [6, 6.07) is 0. The Bertz CT molecular complexity index is 1370. The first-order valence-electron chi connectivity index (χ1n) is 23.2. The summed E-state index contributed by atoms with van der Waals surface area (Å²) in [5, 5.41) is 0. The minimum Gasteiger partial charge on any atom is -0.462 e. The van der Waals surface area contributed by atoms with Crippen molar-refractivity contribution < 1.29 is 28.6 Å². The predicted octanol–water partition coefficient (Wildman–Crippen LogP) is 15.1. The maximum Gasteiger partial charge on any atom is 0.306 e. The van der Waals surface area contributed by atoms with E-state index in [2.05, 4.69) is 142 Å². The number of esters is 3. The van der Waals surface area contributed by atoms with Crippen molar-refractivity contribution in [2.75, 3.05) is 13.2 Å². The van der Waals surface area contributed by atoms with Crippen LogP contribution in [0, 0.1) is 0 Å². The zero-order valence-corrected chi connectivity index (χ0v) is 37.9. The van der Waals surface area contributed by atoms with Crippen molar-refractivity contribution in [3.05, 3.63) is 134 Å². The summed E-state index contributed by atoms with van der Waals surface area (Å²) in [5.41, 5.74) is 0. The normalized spacial score (nSPS) is 13.3. The van der Waals surface area contributed by atoms with Gasteiger partial charge in [-0.3, -0.25) is 14.4 Å². The van der Waals surface area contributed by atoms with Crippen LogP contribution in [0.4, 0.5) is 0 Å². The number of hydrogen-bond donors (Lipinski definition) is 0. The van der Waals surface area contributed by atoms with Gasteiger partial charge in [0.05, 0.1) is 0 Å². The third-order valence-electron chi connectivity index (χ3n) is 8.89. The van der Waals surface area contributed by atoms with E-state index in [1.807, 2.05) is 12.2 Å². The molecule has 0 aliphatic rings. The Morgan fingerprint density at radius 2 is 0.633 bits per heavy atom. The van der Waals surface area contributed by atoms with E-state index in [0.29, 0.717) is 19.3 Å². The van der Waals surface area contributed by atoms with Crippen molar-refractivity contribution in [1.82, 2.24) is 0 Å². The molecule has 6 heteroatoms. The number of unbranched alkanes of at least 4 members (excludes halogenated alkanes) is 6. The lowest BCUT2D eigenvalue weighted by molar-refractivity contribution is -0.166. The average Bonchev–Trinajstić information content (AvgIpc) is 3.24. The highest BCUT2D eigenvalue weighted by molar-refractivity contribution is 5.71. The van der Waals surface area contributed by atoms with Gasteiger partial charge in [-0.1, -0.05) is 167 Å². The summed E-state index contributed by atoms with van der Waals surface area (Å²) in [7, 11) is 0. The summed E-state index contributed by atoms with van der Waals surface area (Å²) in [6.45, 7) is 6.13. The van der Waals surface area contributed by atoms with Crippen molar-refractivity contribution in [3.63, 3.8) is 0 Å². The molecule has 0 saturated carbocycles. The van der Waals surface area contributed by atoms with E-state index in [0.717, 1.165) is 116 Å². The van der Waals surface area contributed by atoms with E-state index < -0.39 is 6.10 Å². The van der Waals surface area contributed by atoms with Gasteiger partial charge in [-0.05, 0) is 116 Å². The smallest absolute Gasteiger partial charge is 0.306 e. The average molecular weight is 827 g/mol. The molecule has 60 heavy (non-hydrogen) atoms. The van der Waals surface area contributed by atoms with Gasteiger partial charge in [0.2, 0.25) is 0 Å². The molecule has 0 aromatic heterocycles. The topological polar surface area (TPSA) is 78.9 Å². The monoisotopic (exact) mass is 827 g/mol. The summed E-state index contributed by atoms with van der Waals surface area (Å²) in [5.74, 6) is -1.09. The minimum atomic E-state index is -0.836. The molecular weight excluding hydrogens is 745 g/mol. The first-order valence-corrected chi connectivity index (χ1v) is 23.2. The lowest BCUT2D eigenvalue weighted by Crippen LogP contribution is -2.30. The molecular formula is C54H82O6. The van der Waals surface area contributed by atoms with Gasteiger partial charge in [0.15, 0.2) is 6.10 Å². The maximum atomic E-state index is 12.7. The highest BCUT2D eigenvalue weighted by Crippen LogP contribution is 2.10. The quantitative estimate of drug-likeness (QED) is 0.0266. The zero-order valence-electron chi connectivity index (χ0n) is 37.9. The van der Waals surface area contributed by atoms with E-state index in [9.17, 15) is 14.4 Å². The Morgan fingerprint density at radius 3 is 1.05 bits per heavy atom. The molecule has 0 bridgehead atoms. The van der Waals surface area contributed by atoms with Gasteiger partial charge in [0.1, 0.15) is 13.2 Å². The Hall–Kier alpha value is -4.45. The van der Waals surface area contributed by atoms with E-state index in [1.165, 1.54) is 0 Å². The van der Waals surface area contributed by atoms with E-state index in [1.54, 1.807) is 0 Å². The molecule has 6 nitrogen and oxygen atoms in total. The van der Waals surface area contributed by atoms with Crippen molar-refractivity contribution in [1.29, 1.82) is 0 Å². The molecule has 0 aromatic rings. The van der Waals surface area contributed by atoms with Crippen LogP contribution < -0.4 is 0 Å². The van der Waals surface area contributed by atoms with Crippen molar-refractivity contribution in [2.24, 2.45) is 0 Å². The van der Waals surface area contributed by atoms with Gasteiger partial charge < -0.3 is 14.2 Å². The maximum absolute atomic E-state index is 12.7. The van der Waals surface area contributed by atoms with E-state index in [-0.39, 0.29) is 44.0 Å². The number of allylic oxidation sites excluding steroid dienone is 22. The highest BCUT2D eigenvalue weighted by Gasteiger charge is 2.19. The van der Waals surface area contributed by atoms with Crippen LogP contribution in [0.15, 0.2) is 134 Å². The minimum absolute atomic E-state index is 0.133. The number of carbonyl (C=O) groups is 3. The number of carbonyl (C=O) groups excluding carboxylic acids is 3. The fraction of sp³-hybridized carbons (Fsp3) is 0.537. The van der Waals surface area contributed by atoms with Gasteiger partial charge in [-0.2, -0.15) is 0 Å². The van der Waals surface area contributed by atoms with Gasteiger partial charge >= 0.3 is 17.9 Å². The Balaban J connectivity index is 4.56. The molecule has 1 atom stereocenters. The first-order chi connectivity index (χ1) is 29.5. The molecule has 0 saturated heterocycles. The van der Waals surface area contributed by atoms with Crippen LogP contribution in [0.2, 0.25) is 0 Å². The predicted molar refractivity (Wildman–Crippen MR) is 256 cm³/mol. The van der Waals surface area contributed by atoms with Gasteiger partial charge in [-0.25, -0.2) is 0 Å². The SMILES string of the molecule is CC/C=C\C/C=C\C/C=C\C/C=C\C/C=C\C/C=C\CCC(=O)OCC(COC(=O)CCCC/C=C\C/C=C\CC)OC(=O)CCCCCC/C=C\C/C=C\C/C=C\CC. The molecule has 0 N–H and O–H groups in total. The Morgan fingerprint density at radius 1 is 0.333 bits per heavy atom. The fourth-order valence-corrected chi connectivity index (χ4v) is 5.52. The molecule has 0 aliphatic carbocycles. The van der Waals surface area contributed by atoms with Crippen molar-refractivity contribution in [3.8, 4) is 0 Å². The lowest BCUT2D eigenvalue weighted by atomic mass is 10.1. The van der Waals surface area contributed by atoms with Crippen molar-refractivity contribution in [2.45, 2.75) is 175 Å². The summed E-state index contributed by atoms with van der Waals surface area (Å²) >= 11 is 0. The zero-order chi connectivity index (χ0) is 43.7. The molecule has 1 unspecified atom stereocenters. The molecule has 0 fully saturated rings.